The van der Waals surface area contributed by atoms with Crippen LogP contribution in [0.2, 0.25) is 0 Å². The number of anilines is 1. The third-order valence-electron chi connectivity index (χ3n) is 4.72. The number of nitrogens with zero attached hydrogens (tertiary/aromatic N) is 2. The lowest BCUT2D eigenvalue weighted by Crippen LogP contribution is -2.37. The smallest absolute Gasteiger partial charge is 0.274 e. The average molecular weight is 347 g/mol. The Morgan fingerprint density at radius 2 is 2.28 bits per heavy atom. The van der Waals surface area contributed by atoms with E-state index in [1.807, 2.05) is 0 Å². The third kappa shape index (κ3) is 3.79. The molecule has 1 aromatic rings. The molecule has 2 fully saturated rings. The molecule has 0 aliphatic carbocycles. The van der Waals surface area contributed by atoms with E-state index in [4.69, 9.17) is 4.74 Å². The van der Waals surface area contributed by atoms with Crippen molar-refractivity contribution in [2.75, 3.05) is 24.6 Å². The zero-order chi connectivity index (χ0) is 18.0. The van der Waals surface area contributed by atoms with E-state index in [1.165, 1.54) is 11.0 Å². The summed E-state index contributed by atoms with van der Waals surface area (Å²) in [5.41, 5.74) is 0.958. The molecular formula is C17H21N3O5. The van der Waals surface area contributed by atoms with Crippen LogP contribution < -0.4 is 10.2 Å². The van der Waals surface area contributed by atoms with Crippen LogP contribution in [0.15, 0.2) is 18.2 Å². The zero-order valence-electron chi connectivity index (χ0n) is 14.1. The fourth-order valence-corrected chi connectivity index (χ4v) is 3.26. The van der Waals surface area contributed by atoms with Gasteiger partial charge in [-0.15, -0.1) is 0 Å². The van der Waals surface area contributed by atoms with Gasteiger partial charge < -0.3 is 15.0 Å². The van der Waals surface area contributed by atoms with Gasteiger partial charge in [-0.25, -0.2) is 0 Å². The summed E-state index contributed by atoms with van der Waals surface area (Å²) in [6.07, 6.45) is 2.10. The van der Waals surface area contributed by atoms with Crippen LogP contribution in [0.1, 0.15) is 24.8 Å². The molecule has 2 amide bonds. The molecule has 8 nitrogen and oxygen atoms in total. The molecule has 0 saturated carbocycles. The molecule has 3 rings (SSSR count). The second-order valence-electron chi connectivity index (χ2n) is 6.51. The molecule has 2 saturated heterocycles. The van der Waals surface area contributed by atoms with E-state index in [1.54, 1.807) is 19.1 Å². The van der Waals surface area contributed by atoms with Crippen molar-refractivity contribution in [3.8, 4) is 0 Å². The van der Waals surface area contributed by atoms with E-state index in [0.29, 0.717) is 17.8 Å². The Morgan fingerprint density at radius 3 is 2.96 bits per heavy atom. The highest BCUT2D eigenvalue weighted by atomic mass is 16.6. The summed E-state index contributed by atoms with van der Waals surface area (Å²) in [7, 11) is 0. The fraction of sp³-hybridized carbons (Fsp3) is 0.529. The second-order valence-corrected chi connectivity index (χ2v) is 6.51. The maximum absolute atomic E-state index is 12.3. The molecular weight excluding hydrogens is 326 g/mol. The minimum Gasteiger partial charge on any atom is -0.376 e. The van der Waals surface area contributed by atoms with Crippen molar-refractivity contribution < 1.29 is 19.2 Å². The standard InChI is InChI=1S/C17H21N3O5/c1-11-4-5-13(8-15(11)20(23)24)19-10-12(7-16(19)21)17(22)18-9-14-3-2-6-25-14/h4-5,8,12,14H,2-3,6-7,9-10H2,1H3,(H,18,22)/t12-,14+/m1/s1. The molecule has 1 N–H and O–H groups in total. The quantitative estimate of drug-likeness (QED) is 0.643. The number of carbonyl (C=O) groups excluding carboxylic acids is 2. The van der Waals surface area contributed by atoms with Crippen LogP contribution in [0.5, 0.6) is 0 Å². The van der Waals surface area contributed by atoms with Crippen molar-refractivity contribution in [1.82, 2.24) is 5.32 Å². The number of hydrogen-bond acceptors (Lipinski definition) is 5. The number of nitro groups is 1. The number of carbonyl (C=O) groups is 2. The van der Waals surface area contributed by atoms with Gasteiger partial charge in [0.25, 0.3) is 5.69 Å². The van der Waals surface area contributed by atoms with E-state index >= 15 is 0 Å². The van der Waals surface area contributed by atoms with Gasteiger partial charge in [-0.2, -0.15) is 0 Å². The Balaban J connectivity index is 1.64. The number of amides is 2. The Bertz CT molecular complexity index is 700. The molecule has 1 aromatic carbocycles. The second kappa shape index (κ2) is 7.18. The van der Waals surface area contributed by atoms with E-state index in [2.05, 4.69) is 5.32 Å². The number of nitrogens with one attached hydrogen (secondary N) is 1. The first kappa shape index (κ1) is 17.3. The summed E-state index contributed by atoms with van der Waals surface area (Å²) in [6, 6.07) is 4.68. The predicted molar refractivity (Wildman–Crippen MR) is 90.3 cm³/mol. The predicted octanol–water partition coefficient (Wildman–Crippen LogP) is 1.55. The number of nitro benzene ring substituents is 1. The zero-order valence-corrected chi connectivity index (χ0v) is 14.1. The summed E-state index contributed by atoms with van der Waals surface area (Å²) in [5.74, 6) is -0.822. The number of rotatable bonds is 5. The SMILES string of the molecule is Cc1ccc(N2C[C@H](C(=O)NC[C@@H]3CCCO3)CC2=O)cc1[N+](=O)[O-]. The van der Waals surface area contributed by atoms with Crippen molar-refractivity contribution in [2.24, 2.45) is 5.92 Å². The number of hydrogen-bond donors (Lipinski definition) is 1. The lowest BCUT2D eigenvalue weighted by atomic mass is 10.1. The Hall–Kier alpha value is -2.48. The summed E-state index contributed by atoms with van der Waals surface area (Å²) < 4.78 is 5.47. The highest BCUT2D eigenvalue weighted by molar-refractivity contribution is 6.00. The molecule has 134 valence electrons. The molecule has 0 spiro atoms. The molecule has 0 radical (unpaired) electrons. The third-order valence-corrected chi connectivity index (χ3v) is 4.72. The molecule has 0 unspecified atom stereocenters. The minimum absolute atomic E-state index is 0.0309. The van der Waals surface area contributed by atoms with Crippen molar-refractivity contribution in [1.29, 1.82) is 0 Å². The topological polar surface area (TPSA) is 102 Å². The molecule has 2 aliphatic heterocycles. The van der Waals surface area contributed by atoms with Crippen LogP contribution in [0, 0.1) is 23.0 Å². The van der Waals surface area contributed by atoms with Gasteiger partial charge in [0.05, 0.1) is 22.6 Å². The van der Waals surface area contributed by atoms with Crippen LogP contribution in [0.25, 0.3) is 0 Å². The Kier molecular flexibility index (Phi) is 4.98. The van der Waals surface area contributed by atoms with E-state index in [9.17, 15) is 19.7 Å². The normalized spacial score (nSPS) is 23.1. The first-order valence-electron chi connectivity index (χ1n) is 8.40. The Morgan fingerprint density at radius 1 is 1.48 bits per heavy atom. The van der Waals surface area contributed by atoms with Gasteiger partial charge in [0.15, 0.2) is 0 Å². The minimum atomic E-state index is -0.467. The monoisotopic (exact) mass is 347 g/mol. The van der Waals surface area contributed by atoms with Crippen molar-refractivity contribution >= 4 is 23.2 Å². The first-order chi connectivity index (χ1) is 12.0. The molecule has 2 aliphatic rings. The van der Waals surface area contributed by atoms with Gasteiger partial charge in [-0.1, -0.05) is 6.07 Å². The summed E-state index contributed by atoms with van der Waals surface area (Å²) >= 11 is 0. The fourth-order valence-electron chi connectivity index (χ4n) is 3.26. The summed E-state index contributed by atoms with van der Waals surface area (Å²) in [4.78, 5) is 36.6. The van der Waals surface area contributed by atoms with Gasteiger partial charge in [0.1, 0.15) is 0 Å². The lowest BCUT2D eigenvalue weighted by molar-refractivity contribution is -0.385. The average Bonchev–Trinajstić information content (AvgIpc) is 3.22. The van der Waals surface area contributed by atoms with Gasteiger partial charge in [0, 0.05) is 37.7 Å². The molecule has 2 heterocycles. The highest BCUT2D eigenvalue weighted by Crippen LogP contribution is 2.30. The van der Waals surface area contributed by atoms with Crippen molar-refractivity contribution in [2.45, 2.75) is 32.3 Å². The van der Waals surface area contributed by atoms with E-state index in [0.717, 1.165) is 19.4 Å². The molecule has 0 aromatic heterocycles. The van der Waals surface area contributed by atoms with Crippen LogP contribution in [-0.4, -0.2) is 42.5 Å². The summed E-state index contributed by atoms with van der Waals surface area (Å²) in [5, 5.41) is 13.9. The lowest BCUT2D eigenvalue weighted by Gasteiger charge is -2.17. The molecule has 8 heteroatoms. The molecule has 2 atom stereocenters. The maximum Gasteiger partial charge on any atom is 0.274 e. The van der Waals surface area contributed by atoms with E-state index < -0.39 is 10.8 Å². The number of benzene rings is 1. The Labute approximate surface area is 145 Å². The van der Waals surface area contributed by atoms with Crippen LogP contribution in [0.3, 0.4) is 0 Å². The van der Waals surface area contributed by atoms with Crippen molar-refractivity contribution in [3.63, 3.8) is 0 Å². The number of ether oxygens (including phenoxy) is 1. The maximum atomic E-state index is 12.3. The highest BCUT2D eigenvalue weighted by Gasteiger charge is 2.36. The molecule has 25 heavy (non-hydrogen) atoms. The van der Waals surface area contributed by atoms with Crippen LogP contribution in [-0.2, 0) is 14.3 Å². The first-order valence-corrected chi connectivity index (χ1v) is 8.40. The van der Waals surface area contributed by atoms with E-state index in [-0.39, 0.29) is 36.6 Å². The van der Waals surface area contributed by atoms with Gasteiger partial charge in [-0.05, 0) is 25.8 Å². The van der Waals surface area contributed by atoms with Gasteiger partial charge in [0.2, 0.25) is 11.8 Å². The van der Waals surface area contributed by atoms with Crippen molar-refractivity contribution in [3.05, 3.63) is 33.9 Å². The van der Waals surface area contributed by atoms with Gasteiger partial charge in [-0.3, -0.25) is 19.7 Å². The van der Waals surface area contributed by atoms with Gasteiger partial charge >= 0.3 is 0 Å². The molecule has 0 bridgehead atoms. The van der Waals surface area contributed by atoms with Crippen LogP contribution >= 0.6 is 0 Å². The largest absolute Gasteiger partial charge is 0.376 e. The number of aryl methyl sites for hydroxylation is 1. The van der Waals surface area contributed by atoms with Crippen LogP contribution in [0.4, 0.5) is 11.4 Å². The summed E-state index contributed by atoms with van der Waals surface area (Å²) in [6.45, 7) is 3.06.